The number of benzene rings is 2. The van der Waals surface area contributed by atoms with Crippen LogP contribution in [-0.2, 0) is 9.47 Å². The molecule has 0 aliphatic carbocycles. The monoisotopic (exact) mass is 528 g/mol. The molecule has 39 heavy (non-hydrogen) atoms. The fourth-order valence-corrected chi connectivity index (χ4v) is 6.37. The Kier molecular flexibility index (Phi) is 7.53. The van der Waals surface area contributed by atoms with E-state index in [1.807, 2.05) is 36.4 Å². The van der Waals surface area contributed by atoms with Crippen molar-refractivity contribution in [2.45, 2.75) is 50.5 Å². The van der Waals surface area contributed by atoms with Crippen LogP contribution in [0.15, 0.2) is 67.4 Å². The summed E-state index contributed by atoms with van der Waals surface area (Å²) in [4.78, 5) is 20.6. The number of carbonyl (C=O) groups is 1. The third-order valence-electron chi connectivity index (χ3n) is 8.52. The molecule has 0 radical (unpaired) electrons. The number of hydrogen-bond acceptors (Lipinski definition) is 7. The van der Waals surface area contributed by atoms with Crippen LogP contribution in [0.25, 0.3) is 10.9 Å². The largest absolute Gasteiger partial charge is 0.497 e. The second-order valence-corrected chi connectivity index (χ2v) is 10.8. The van der Waals surface area contributed by atoms with Crippen molar-refractivity contribution in [1.82, 2.24) is 9.88 Å². The smallest absolute Gasteiger partial charge is 0.338 e. The van der Waals surface area contributed by atoms with Crippen LogP contribution in [0.5, 0.6) is 11.5 Å². The van der Waals surface area contributed by atoms with E-state index in [1.165, 1.54) is 0 Å². The highest BCUT2D eigenvalue weighted by Crippen LogP contribution is 2.44. The Morgan fingerprint density at radius 2 is 1.97 bits per heavy atom. The Balaban J connectivity index is 1.29. The Morgan fingerprint density at radius 3 is 2.69 bits per heavy atom. The van der Waals surface area contributed by atoms with E-state index >= 15 is 0 Å². The molecule has 5 heterocycles. The first-order valence-corrected chi connectivity index (χ1v) is 14.0. The van der Waals surface area contributed by atoms with Crippen molar-refractivity contribution in [2.75, 3.05) is 26.8 Å². The number of methoxy groups -OCH3 is 1. The second-order valence-electron chi connectivity index (χ2n) is 10.8. The maximum atomic E-state index is 13.6. The van der Waals surface area contributed by atoms with Gasteiger partial charge in [0.05, 0.1) is 30.8 Å². The SMILES string of the molecule is C=C[C@H]1CN2CCC1C[C@H]2C(OC(=O)c1ccc(OC2CCCCO2)cc1)c1ccnc2ccc(OC)cc12. The summed E-state index contributed by atoms with van der Waals surface area (Å²) < 4.78 is 23.6. The van der Waals surface area contributed by atoms with Crippen molar-refractivity contribution in [3.8, 4) is 11.5 Å². The molecule has 1 aromatic heterocycles. The standard InChI is InChI=1S/C32H36N2O5/c1-3-21-20-34-16-14-23(21)18-29(34)31(26-13-15-33-28-12-11-25(36-2)19-27(26)28)39-32(35)22-7-9-24(10-8-22)38-30-6-4-5-17-37-30/h3,7-13,15,19,21,23,29-31H,1,4-6,14,16-18,20H2,2H3/t21-,23?,29-,30?,31?/m0/s1. The molecule has 7 heteroatoms. The fourth-order valence-electron chi connectivity index (χ4n) is 6.37. The highest BCUT2D eigenvalue weighted by molar-refractivity contribution is 5.90. The van der Waals surface area contributed by atoms with E-state index in [0.29, 0.717) is 23.1 Å². The van der Waals surface area contributed by atoms with E-state index in [0.717, 1.165) is 74.0 Å². The minimum absolute atomic E-state index is 0.0757. The van der Waals surface area contributed by atoms with Gasteiger partial charge in [0.1, 0.15) is 17.6 Å². The molecule has 0 saturated carbocycles. The van der Waals surface area contributed by atoms with Gasteiger partial charge in [-0.1, -0.05) is 6.08 Å². The summed E-state index contributed by atoms with van der Waals surface area (Å²) in [6.07, 6.45) is 8.35. The van der Waals surface area contributed by atoms with E-state index in [9.17, 15) is 4.79 Å². The van der Waals surface area contributed by atoms with Gasteiger partial charge in [-0.25, -0.2) is 4.79 Å². The third-order valence-corrected chi connectivity index (χ3v) is 8.52. The van der Waals surface area contributed by atoms with Crippen molar-refractivity contribution in [3.05, 3.63) is 78.5 Å². The quantitative estimate of drug-likeness (QED) is 0.265. The Hall–Kier alpha value is -3.42. The number of carbonyl (C=O) groups excluding carboxylic acids is 1. The van der Waals surface area contributed by atoms with Crippen LogP contribution < -0.4 is 9.47 Å². The van der Waals surface area contributed by atoms with Gasteiger partial charge in [0, 0.05) is 30.1 Å². The summed E-state index contributed by atoms with van der Waals surface area (Å²) in [5.41, 5.74) is 2.29. The summed E-state index contributed by atoms with van der Waals surface area (Å²) >= 11 is 0. The normalized spacial score (nSPS) is 27.1. The molecular formula is C32H36N2O5. The number of hydrogen-bond donors (Lipinski definition) is 0. The number of pyridine rings is 1. The first kappa shape index (κ1) is 25.8. The Morgan fingerprint density at radius 1 is 1.13 bits per heavy atom. The average Bonchev–Trinajstić information content (AvgIpc) is 3.00. The van der Waals surface area contributed by atoms with Crippen molar-refractivity contribution < 1.29 is 23.7 Å². The molecule has 204 valence electrons. The first-order valence-electron chi connectivity index (χ1n) is 14.0. The highest BCUT2D eigenvalue weighted by Gasteiger charge is 2.44. The zero-order valence-corrected chi connectivity index (χ0v) is 22.5. The molecule has 4 saturated heterocycles. The molecule has 4 fully saturated rings. The van der Waals surface area contributed by atoms with Crippen molar-refractivity contribution >= 4 is 16.9 Å². The molecule has 4 aliphatic heterocycles. The lowest BCUT2D eigenvalue weighted by molar-refractivity contribution is -0.105. The van der Waals surface area contributed by atoms with Crippen molar-refractivity contribution in [1.29, 1.82) is 0 Å². The molecule has 4 unspecified atom stereocenters. The number of fused-ring (bicyclic) bond motifs is 4. The fraction of sp³-hybridized carbons (Fsp3) is 0.438. The molecular weight excluding hydrogens is 492 g/mol. The zero-order chi connectivity index (χ0) is 26.8. The third kappa shape index (κ3) is 5.38. The molecule has 2 aromatic carbocycles. The lowest BCUT2D eigenvalue weighted by atomic mass is 9.73. The minimum atomic E-state index is -0.449. The Bertz CT molecular complexity index is 1320. The maximum absolute atomic E-state index is 13.6. The number of ether oxygens (including phenoxy) is 4. The summed E-state index contributed by atoms with van der Waals surface area (Å²) in [6, 6.07) is 15.1. The number of aromatic nitrogens is 1. The minimum Gasteiger partial charge on any atom is -0.497 e. The molecule has 0 N–H and O–H groups in total. The van der Waals surface area contributed by atoms with Gasteiger partial charge in [0.2, 0.25) is 0 Å². The van der Waals surface area contributed by atoms with Gasteiger partial charge in [-0.05, 0) is 92.6 Å². The van der Waals surface area contributed by atoms with Gasteiger partial charge in [0.25, 0.3) is 0 Å². The molecule has 2 bridgehead atoms. The number of piperidine rings is 3. The van der Waals surface area contributed by atoms with E-state index in [-0.39, 0.29) is 18.3 Å². The van der Waals surface area contributed by atoms with E-state index in [4.69, 9.17) is 18.9 Å². The van der Waals surface area contributed by atoms with Crippen LogP contribution in [-0.4, -0.2) is 55.0 Å². The first-order chi connectivity index (χ1) is 19.1. The van der Waals surface area contributed by atoms with Gasteiger partial charge >= 0.3 is 5.97 Å². The molecule has 3 aromatic rings. The molecule has 7 nitrogen and oxygen atoms in total. The maximum Gasteiger partial charge on any atom is 0.338 e. The van der Waals surface area contributed by atoms with Gasteiger partial charge < -0.3 is 18.9 Å². The number of rotatable bonds is 8. The number of esters is 1. The summed E-state index contributed by atoms with van der Waals surface area (Å²) in [6.45, 7) is 6.73. The summed E-state index contributed by atoms with van der Waals surface area (Å²) in [5, 5.41) is 0.939. The van der Waals surface area contributed by atoms with Crippen LogP contribution >= 0.6 is 0 Å². The van der Waals surface area contributed by atoms with E-state index < -0.39 is 6.10 Å². The summed E-state index contributed by atoms with van der Waals surface area (Å²) in [5.74, 6) is 2.10. The van der Waals surface area contributed by atoms with Crippen LogP contribution in [0, 0.1) is 11.8 Å². The highest BCUT2D eigenvalue weighted by atomic mass is 16.7. The molecule has 0 spiro atoms. The lowest BCUT2D eigenvalue weighted by Crippen LogP contribution is -2.55. The van der Waals surface area contributed by atoms with Crippen molar-refractivity contribution in [3.63, 3.8) is 0 Å². The molecule has 6 atom stereocenters. The average molecular weight is 529 g/mol. The molecule has 0 amide bonds. The topological polar surface area (TPSA) is 70.1 Å². The summed E-state index contributed by atoms with van der Waals surface area (Å²) in [7, 11) is 1.66. The number of nitrogens with zero attached hydrogens (tertiary/aromatic N) is 2. The van der Waals surface area contributed by atoms with Gasteiger partial charge in [-0.3, -0.25) is 9.88 Å². The lowest BCUT2D eigenvalue weighted by Gasteiger charge is -2.51. The van der Waals surface area contributed by atoms with E-state index in [1.54, 1.807) is 25.4 Å². The Labute approximate surface area is 229 Å². The molecule has 7 rings (SSSR count). The predicted molar refractivity (Wildman–Crippen MR) is 149 cm³/mol. The van der Waals surface area contributed by atoms with Crippen LogP contribution in [0.3, 0.4) is 0 Å². The van der Waals surface area contributed by atoms with Crippen LogP contribution in [0.1, 0.15) is 54.1 Å². The van der Waals surface area contributed by atoms with Crippen molar-refractivity contribution in [2.24, 2.45) is 11.8 Å². The van der Waals surface area contributed by atoms with Gasteiger partial charge in [0.15, 0.2) is 6.29 Å². The van der Waals surface area contributed by atoms with Gasteiger partial charge in [-0.2, -0.15) is 0 Å². The van der Waals surface area contributed by atoms with Gasteiger partial charge in [-0.15, -0.1) is 6.58 Å². The van der Waals surface area contributed by atoms with Crippen LogP contribution in [0.2, 0.25) is 0 Å². The molecule has 4 aliphatic rings. The van der Waals surface area contributed by atoms with E-state index in [2.05, 4.69) is 22.5 Å². The predicted octanol–water partition coefficient (Wildman–Crippen LogP) is 5.94. The van der Waals surface area contributed by atoms with Crippen LogP contribution in [0.4, 0.5) is 0 Å². The zero-order valence-electron chi connectivity index (χ0n) is 22.5. The second kappa shape index (κ2) is 11.4.